The van der Waals surface area contributed by atoms with E-state index in [1.165, 1.54) is 12.1 Å². The van der Waals surface area contributed by atoms with Crippen LogP contribution >= 0.6 is 11.6 Å². The van der Waals surface area contributed by atoms with Crippen molar-refractivity contribution in [1.29, 1.82) is 0 Å². The first kappa shape index (κ1) is 14.9. The van der Waals surface area contributed by atoms with E-state index in [0.717, 1.165) is 0 Å². The van der Waals surface area contributed by atoms with E-state index in [1.54, 1.807) is 13.2 Å². The normalized spacial score (nSPS) is 14.0. The van der Waals surface area contributed by atoms with Crippen molar-refractivity contribution in [3.63, 3.8) is 0 Å². The largest absolute Gasteiger partial charge is 0.380 e. The van der Waals surface area contributed by atoms with E-state index in [1.807, 2.05) is 6.92 Å². The molecule has 1 aromatic carbocycles. The molecule has 18 heavy (non-hydrogen) atoms. The number of halogens is 1. The molecule has 0 aliphatic heterocycles. The van der Waals surface area contributed by atoms with Gasteiger partial charge in [0.2, 0.25) is 0 Å². The van der Waals surface area contributed by atoms with Crippen molar-refractivity contribution in [2.24, 2.45) is 0 Å². The number of nitrogens with one attached hydrogen (secondary N) is 1. The van der Waals surface area contributed by atoms with Gasteiger partial charge in [-0.3, -0.25) is 14.3 Å². The highest BCUT2D eigenvalue weighted by Gasteiger charge is 2.15. The first-order valence-electron chi connectivity index (χ1n) is 5.32. The zero-order valence-corrected chi connectivity index (χ0v) is 12.0. The van der Waals surface area contributed by atoms with Crippen LogP contribution in [0.2, 0.25) is 5.02 Å². The summed E-state index contributed by atoms with van der Waals surface area (Å²) in [6.07, 6.45) is 1.63. The molecule has 5 nitrogen and oxygen atoms in total. The third-order valence-corrected chi connectivity index (χ3v) is 3.63. The van der Waals surface area contributed by atoms with Crippen molar-refractivity contribution >= 4 is 33.8 Å². The summed E-state index contributed by atoms with van der Waals surface area (Å²) in [6, 6.07) is 2.75. The predicted octanol–water partition coefficient (Wildman–Crippen LogP) is 2.74. The molecule has 1 rings (SSSR count). The van der Waals surface area contributed by atoms with Gasteiger partial charge >= 0.3 is 0 Å². The zero-order valence-electron chi connectivity index (χ0n) is 10.4. The van der Waals surface area contributed by atoms with E-state index in [0.29, 0.717) is 22.0 Å². The molecule has 0 unspecified atom stereocenters. The van der Waals surface area contributed by atoms with Gasteiger partial charge in [0, 0.05) is 41.0 Å². The molecule has 0 aliphatic carbocycles. The van der Waals surface area contributed by atoms with Crippen LogP contribution in [0.5, 0.6) is 0 Å². The number of nitro groups is 1. The van der Waals surface area contributed by atoms with Crippen molar-refractivity contribution in [1.82, 2.24) is 0 Å². The summed E-state index contributed by atoms with van der Waals surface area (Å²) in [7, 11) is -0.908. The van der Waals surface area contributed by atoms with Crippen LogP contribution in [0.1, 0.15) is 12.5 Å². The van der Waals surface area contributed by atoms with Crippen LogP contribution < -0.4 is 5.32 Å². The van der Waals surface area contributed by atoms with E-state index < -0.39 is 15.7 Å². The van der Waals surface area contributed by atoms with Crippen molar-refractivity contribution in [2.45, 2.75) is 19.9 Å². The van der Waals surface area contributed by atoms with Crippen LogP contribution in [0.15, 0.2) is 12.1 Å². The molecule has 0 aliphatic rings. The van der Waals surface area contributed by atoms with Gasteiger partial charge in [0.05, 0.1) is 15.6 Å². The lowest BCUT2D eigenvalue weighted by Crippen LogP contribution is -2.23. The third-order valence-electron chi connectivity index (χ3n) is 2.36. The molecule has 0 saturated heterocycles. The van der Waals surface area contributed by atoms with E-state index in [4.69, 9.17) is 11.6 Å². The van der Waals surface area contributed by atoms with E-state index in [-0.39, 0.29) is 11.7 Å². The SMILES string of the molecule is Cc1cc([N+](=O)[O-])cc(Cl)c1N[C@H](C)C[S@@](C)=O. The van der Waals surface area contributed by atoms with Gasteiger partial charge in [0.25, 0.3) is 5.69 Å². The van der Waals surface area contributed by atoms with Crippen LogP contribution in [0, 0.1) is 17.0 Å². The number of benzene rings is 1. The Kier molecular flexibility index (Phi) is 5.10. The van der Waals surface area contributed by atoms with Gasteiger partial charge in [-0.2, -0.15) is 0 Å². The lowest BCUT2D eigenvalue weighted by molar-refractivity contribution is -0.384. The second-order valence-electron chi connectivity index (χ2n) is 4.16. The monoisotopic (exact) mass is 290 g/mol. The topological polar surface area (TPSA) is 72.2 Å². The molecule has 100 valence electrons. The van der Waals surface area contributed by atoms with Gasteiger partial charge < -0.3 is 5.32 Å². The van der Waals surface area contributed by atoms with E-state index in [2.05, 4.69) is 5.32 Å². The van der Waals surface area contributed by atoms with E-state index in [9.17, 15) is 14.3 Å². The molecule has 0 fully saturated rings. The number of non-ortho nitro benzene ring substituents is 1. The number of hydrogen-bond acceptors (Lipinski definition) is 4. The fourth-order valence-electron chi connectivity index (χ4n) is 1.65. The molecule has 0 aromatic heterocycles. The lowest BCUT2D eigenvalue weighted by Gasteiger charge is -2.17. The standard InChI is InChI=1S/C11H15ClN2O3S/c1-7-4-9(14(15)16)5-10(12)11(7)13-8(2)6-18(3)17/h4-5,8,13H,6H2,1-3H3/t8-,18-/m1/s1. The highest BCUT2D eigenvalue weighted by molar-refractivity contribution is 7.84. The Bertz CT molecular complexity index is 470. The molecule has 0 bridgehead atoms. The number of hydrogen-bond donors (Lipinski definition) is 1. The van der Waals surface area contributed by atoms with Crippen LogP contribution in [0.25, 0.3) is 0 Å². The first-order valence-corrected chi connectivity index (χ1v) is 7.43. The van der Waals surface area contributed by atoms with Crippen LogP contribution in [0.3, 0.4) is 0 Å². The smallest absolute Gasteiger partial charge is 0.271 e. The molecule has 0 amide bonds. The maximum absolute atomic E-state index is 11.1. The van der Waals surface area contributed by atoms with Crippen molar-refractivity contribution in [3.8, 4) is 0 Å². The molecule has 0 saturated carbocycles. The van der Waals surface area contributed by atoms with Crippen molar-refractivity contribution < 1.29 is 9.13 Å². The minimum absolute atomic E-state index is 0.0199. The van der Waals surface area contributed by atoms with E-state index >= 15 is 0 Å². The molecule has 1 aromatic rings. The zero-order chi connectivity index (χ0) is 13.9. The van der Waals surface area contributed by atoms with Gasteiger partial charge in [0.15, 0.2) is 0 Å². The van der Waals surface area contributed by atoms with Gasteiger partial charge in [-0.1, -0.05) is 11.6 Å². The quantitative estimate of drug-likeness (QED) is 0.668. The number of nitrogens with zero attached hydrogens (tertiary/aromatic N) is 1. The fraction of sp³-hybridized carbons (Fsp3) is 0.455. The lowest BCUT2D eigenvalue weighted by atomic mass is 10.1. The summed E-state index contributed by atoms with van der Waals surface area (Å²) in [5.74, 6) is 0.493. The van der Waals surface area contributed by atoms with Gasteiger partial charge in [-0.05, 0) is 19.4 Å². The summed E-state index contributed by atoms with van der Waals surface area (Å²) >= 11 is 6.02. The maximum Gasteiger partial charge on any atom is 0.271 e. The van der Waals surface area contributed by atoms with Crippen LogP contribution in [0.4, 0.5) is 11.4 Å². The number of nitro benzene ring substituents is 1. The second-order valence-corrected chi connectivity index (χ2v) is 6.05. The van der Waals surface area contributed by atoms with Gasteiger partial charge in [0.1, 0.15) is 0 Å². The fourth-order valence-corrected chi connectivity index (χ4v) is 2.76. The summed E-state index contributed by atoms with van der Waals surface area (Å²) < 4.78 is 11.1. The Hall–Kier alpha value is -1.14. The molecule has 0 radical (unpaired) electrons. The van der Waals surface area contributed by atoms with Crippen molar-refractivity contribution in [3.05, 3.63) is 32.8 Å². The molecular formula is C11H15ClN2O3S. The van der Waals surface area contributed by atoms with Crippen LogP contribution in [-0.2, 0) is 10.8 Å². The minimum Gasteiger partial charge on any atom is -0.380 e. The Morgan fingerprint density at radius 2 is 2.17 bits per heavy atom. The summed E-state index contributed by atoms with van der Waals surface area (Å²) in [5.41, 5.74) is 1.32. The van der Waals surface area contributed by atoms with Crippen LogP contribution in [-0.4, -0.2) is 27.2 Å². The molecule has 2 atom stereocenters. The maximum atomic E-state index is 11.1. The average molecular weight is 291 g/mol. The number of aryl methyl sites for hydroxylation is 1. The highest BCUT2D eigenvalue weighted by atomic mass is 35.5. The van der Waals surface area contributed by atoms with Gasteiger partial charge in [-0.15, -0.1) is 0 Å². The Labute approximate surface area is 113 Å². The molecule has 0 heterocycles. The summed E-state index contributed by atoms with van der Waals surface area (Å²) in [6.45, 7) is 3.63. The number of rotatable bonds is 5. The molecule has 0 spiro atoms. The van der Waals surface area contributed by atoms with Gasteiger partial charge in [-0.25, -0.2) is 0 Å². The predicted molar refractivity (Wildman–Crippen MR) is 74.9 cm³/mol. The first-order chi connectivity index (χ1) is 8.31. The Morgan fingerprint density at radius 3 is 2.61 bits per heavy atom. The molecular weight excluding hydrogens is 276 g/mol. The minimum atomic E-state index is -0.908. The molecule has 7 heteroatoms. The second kappa shape index (κ2) is 6.15. The Morgan fingerprint density at radius 1 is 1.56 bits per heavy atom. The highest BCUT2D eigenvalue weighted by Crippen LogP contribution is 2.31. The summed E-state index contributed by atoms with van der Waals surface area (Å²) in [5, 5.41) is 14.1. The average Bonchev–Trinajstić information content (AvgIpc) is 2.21. The number of anilines is 1. The van der Waals surface area contributed by atoms with Crippen molar-refractivity contribution in [2.75, 3.05) is 17.3 Å². The Balaban J connectivity index is 2.96. The molecule has 1 N–H and O–H groups in total. The third kappa shape index (κ3) is 3.96. The summed E-state index contributed by atoms with van der Waals surface area (Å²) in [4.78, 5) is 10.2.